The largest absolute Gasteiger partial charge is 0.445 e. The van der Waals surface area contributed by atoms with E-state index in [-0.39, 0.29) is 144 Å². The summed E-state index contributed by atoms with van der Waals surface area (Å²) in [5, 5.41) is 16.4. The van der Waals surface area contributed by atoms with E-state index in [0.717, 1.165) is 12.1 Å². The molecule has 6 rings (SSSR count). The van der Waals surface area contributed by atoms with Crippen LogP contribution in [0.1, 0.15) is 170 Å². The third-order valence-electron chi connectivity index (χ3n) is 21.7. The van der Waals surface area contributed by atoms with E-state index in [1.807, 2.05) is 41.5 Å². The average Bonchev–Trinajstić information content (AvgIpc) is 1.72. The van der Waals surface area contributed by atoms with Crippen molar-refractivity contribution in [3.63, 3.8) is 0 Å². The number of ether oxygens (including phenoxy) is 3. The highest BCUT2D eigenvalue weighted by atomic mass is 32.2. The molecule has 12 atom stereocenters. The highest BCUT2D eigenvalue weighted by molar-refractivity contribution is 8.00. The van der Waals surface area contributed by atoms with Gasteiger partial charge in [-0.2, -0.15) is 0 Å². The number of nitrogens with one attached hydrogen (secondary N) is 6. The summed E-state index contributed by atoms with van der Waals surface area (Å²) >= 11 is 1.29. The fraction of sp³-hybridized carbons (Fsp3) is 0.671. The van der Waals surface area contributed by atoms with Gasteiger partial charge in [-0.15, -0.1) is 16.8 Å². The molecule has 8 N–H and O–H groups in total. The van der Waals surface area contributed by atoms with E-state index >= 15 is 4.79 Å². The number of hydrogen-bond acceptors (Lipinski definition) is 20. The normalized spacial score (nSPS) is 19.1. The zero-order chi connectivity index (χ0) is 83.9. The maximum absolute atomic E-state index is 15.2. The van der Waals surface area contributed by atoms with E-state index in [2.05, 4.69) is 31.9 Å². The van der Waals surface area contributed by atoms with Gasteiger partial charge in [-0.3, -0.25) is 62.5 Å². The van der Waals surface area contributed by atoms with Gasteiger partial charge in [-0.25, -0.2) is 23.2 Å². The van der Waals surface area contributed by atoms with E-state index in [1.165, 1.54) is 48.9 Å². The number of unbranched alkanes of at least 4 members (excludes halogenated alkanes) is 2. The minimum atomic E-state index is -1.18. The number of benzene rings is 2. The predicted octanol–water partition coefficient (Wildman–Crippen LogP) is 5.73. The third kappa shape index (κ3) is 26.3. The number of likely N-dealkylation sites (N-methyl/N-ethyl adjacent to an activating group) is 3. The Bertz CT molecular complexity index is 3640. The molecule has 31 nitrogen and oxygen atoms in total. The van der Waals surface area contributed by atoms with Crippen molar-refractivity contribution in [2.24, 2.45) is 40.7 Å². The van der Waals surface area contributed by atoms with Crippen LogP contribution in [-0.2, 0) is 89.6 Å². The molecule has 0 aromatic heterocycles. The second-order valence-corrected chi connectivity index (χ2v) is 32.7. The quantitative estimate of drug-likeness (QED) is 0.0307. The molecule has 3 saturated heterocycles. The van der Waals surface area contributed by atoms with Crippen LogP contribution in [0.3, 0.4) is 0 Å². The zero-order valence-corrected chi connectivity index (χ0v) is 68.8. The minimum Gasteiger partial charge on any atom is -0.445 e. The van der Waals surface area contributed by atoms with Crippen LogP contribution >= 0.6 is 11.8 Å². The zero-order valence-electron chi connectivity index (χ0n) is 68.0. The second kappa shape index (κ2) is 43.6. The molecular formula is C79H119F2N13O18S. The summed E-state index contributed by atoms with van der Waals surface area (Å²) in [6.07, 6.45) is 0.335. The number of halogens is 2. The molecule has 2 aromatic carbocycles. The molecule has 3 heterocycles. The minimum absolute atomic E-state index is 0.00261. The van der Waals surface area contributed by atoms with Crippen molar-refractivity contribution in [3.05, 3.63) is 65.2 Å². The molecule has 0 spiro atoms. The Balaban J connectivity index is 1.06. The van der Waals surface area contributed by atoms with Gasteiger partial charge in [0, 0.05) is 97.2 Å². The molecule has 1 aliphatic carbocycles. The van der Waals surface area contributed by atoms with Crippen LogP contribution in [0.5, 0.6) is 0 Å². The van der Waals surface area contributed by atoms with Gasteiger partial charge >= 0.3 is 18.1 Å². The van der Waals surface area contributed by atoms with E-state index in [1.54, 1.807) is 80.9 Å². The Kier molecular flexibility index (Phi) is 35.8. The first kappa shape index (κ1) is 93.0. The molecule has 113 heavy (non-hydrogen) atoms. The smallest absolute Gasteiger partial charge is 0.410 e. The summed E-state index contributed by atoms with van der Waals surface area (Å²) in [5.41, 5.74) is 5.43. The van der Waals surface area contributed by atoms with Crippen molar-refractivity contribution >= 4 is 101 Å². The molecule has 34 heteroatoms. The lowest BCUT2D eigenvalue weighted by atomic mass is 9.89. The monoisotopic (exact) mass is 1610 g/mol. The number of amides is 14. The van der Waals surface area contributed by atoms with E-state index in [4.69, 9.17) is 24.8 Å². The van der Waals surface area contributed by atoms with Crippen LogP contribution < -0.4 is 37.6 Å². The standard InChI is InChI=1S/C79H119F2N13O18S/c1-16-48(8)69(91(13)76(106)67(46(4)5)88-74(104)68(47(6)7)89(10)11)58(109-14)39-63(98)93-42-52(38-57(93)70(110-15)49(9)71(101)83-36-32-53-54(80)22-20-23-55(53)81)90(12)78(108)111-43-50-26-28-51(29-27-50)85-72(102)56(24-21-35-84-77(82)107)86-73(103)66(45(2)3)87-60(95)25-18-17-19-37-92-64(99)40-59(75(92)105)113-44-79(33-34-79)41-65(100)112-94-61(96)30-31-62(94)97/h20,22-23,26-29,45-49,52,56-59,66-70H,16-19,21,24-25,30-44H2,1-15H3,(H,83,101)(H,85,102)(H,86,103)(H,87,95)(H,88,104)(H3,82,84,107)/t48-,49+,52-,56?,57-,58+,59?,66-,67-,68-,69?,70+/m0/s1. The predicted molar refractivity (Wildman–Crippen MR) is 416 cm³/mol. The number of likely N-dealkylation sites (tertiary alicyclic amines) is 2. The number of carbonyl (C=O) groups excluding carboxylic acids is 14. The Morgan fingerprint density at radius 2 is 1.37 bits per heavy atom. The molecule has 4 aliphatic rings. The number of hydrogen-bond donors (Lipinski definition) is 7. The summed E-state index contributed by atoms with van der Waals surface area (Å²) in [6.45, 7) is 16.2. The highest BCUT2D eigenvalue weighted by Crippen LogP contribution is 2.52. The fourth-order valence-corrected chi connectivity index (χ4v) is 16.2. The summed E-state index contributed by atoms with van der Waals surface area (Å²) in [7, 11) is 9.58. The number of hydroxylamine groups is 2. The van der Waals surface area contributed by atoms with Crippen LogP contribution in [0, 0.1) is 46.6 Å². The maximum atomic E-state index is 15.2. The van der Waals surface area contributed by atoms with Crippen molar-refractivity contribution in [1.29, 1.82) is 0 Å². The molecule has 3 aliphatic heterocycles. The maximum Gasteiger partial charge on any atom is 0.410 e. The summed E-state index contributed by atoms with van der Waals surface area (Å²) < 4.78 is 47.3. The van der Waals surface area contributed by atoms with Gasteiger partial charge in [0.05, 0.1) is 60.4 Å². The van der Waals surface area contributed by atoms with Crippen molar-refractivity contribution in [2.45, 2.75) is 231 Å². The Labute approximate surface area is 665 Å². The number of nitrogens with zero attached hydrogens (tertiary/aromatic N) is 6. The lowest BCUT2D eigenvalue weighted by Gasteiger charge is -2.41. The number of anilines is 1. The number of nitrogens with two attached hydrogens (primary N) is 1. The first-order valence-electron chi connectivity index (χ1n) is 39.1. The number of carbonyl (C=O) groups is 14. The molecule has 3 unspecified atom stereocenters. The first-order chi connectivity index (χ1) is 53.4. The highest BCUT2D eigenvalue weighted by Gasteiger charge is 2.50. The van der Waals surface area contributed by atoms with Crippen molar-refractivity contribution in [1.82, 2.24) is 56.1 Å². The Hall–Kier alpha value is -8.89. The fourth-order valence-electron chi connectivity index (χ4n) is 14.7. The van der Waals surface area contributed by atoms with Crippen LogP contribution in [0.15, 0.2) is 42.5 Å². The second-order valence-electron chi connectivity index (χ2n) is 31.5. The number of rotatable bonds is 45. The van der Waals surface area contributed by atoms with E-state index < -0.39 is 148 Å². The molecule has 0 radical (unpaired) electrons. The lowest BCUT2D eigenvalue weighted by molar-refractivity contribution is -0.198. The van der Waals surface area contributed by atoms with Crippen molar-refractivity contribution in [2.75, 3.05) is 79.7 Å². The summed E-state index contributed by atoms with van der Waals surface area (Å²) in [6, 6.07) is 3.05. The van der Waals surface area contributed by atoms with E-state index in [9.17, 15) is 71.1 Å². The van der Waals surface area contributed by atoms with Gasteiger partial charge in [-0.1, -0.05) is 93.4 Å². The molecule has 4 fully saturated rings. The summed E-state index contributed by atoms with van der Waals surface area (Å²) in [4.78, 5) is 200. The van der Waals surface area contributed by atoms with Crippen LogP contribution in [0.2, 0.25) is 0 Å². The van der Waals surface area contributed by atoms with Gasteiger partial charge < -0.3 is 71.4 Å². The number of imide groups is 2. The van der Waals surface area contributed by atoms with Gasteiger partial charge in [0.2, 0.25) is 53.2 Å². The first-order valence-corrected chi connectivity index (χ1v) is 40.2. The topological polar surface area (TPSA) is 394 Å². The molecular weight excluding hydrogens is 1490 g/mol. The van der Waals surface area contributed by atoms with Crippen molar-refractivity contribution < 1.29 is 95.0 Å². The number of primary amides is 1. The average molecular weight is 1610 g/mol. The van der Waals surface area contributed by atoms with Gasteiger partial charge in [0.15, 0.2) is 0 Å². The van der Waals surface area contributed by atoms with Crippen LogP contribution in [0.25, 0.3) is 0 Å². The lowest BCUT2D eigenvalue weighted by Crippen LogP contribution is -2.59. The Morgan fingerprint density at radius 1 is 0.726 bits per heavy atom. The molecule has 0 bridgehead atoms. The number of urea groups is 1. The van der Waals surface area contributed by atoms with Crippen molar-refractivity contribution in [3.8, 4) is 0 Å². The van der Waals surface area contributed by atoms with Crippen LogP contribution in [0.4, 0.5) is 24.1 Å². The summed E-state index contributed by atoms with van der Waals surface area (Å²) in [5.74, 6) is -9.07. The number of methoxy groups -OCH3 is 2. The molecule has 628 valence electrons. The molecule has 1 saturated carbocycles. The number of thioether (sulfide) groups is 1. The molecule has 14 amide bonds. The van der Waals surface area contributed by atoms with E-state index in [0.29, 0.717) is 60.6 Å². The Morgan fingerprint density at radius 3 is 1.95 bits per heavy atom. The van der Waals surface area contributed by atoms with Crippen LogP contribution in [-0.4, -0.2) is 247 Å². The molecule has 2 aromatic rings. The van der Waals surface area contributed by atoms with Gasteiger partial charge in [0.25, 0.3) is 11.8 Å². The van der Waals surface area contributed by atoms with Gasteiger partial charge in [0.1, 0.15) is 36.4 Å². The third-order valence-corrected chi connectivity index (χ3v) is 23.3. The SMILES string of the molecule is CC[C@H](C)C([C@@H](CC(=O)N1C[C@@H](N(C)C(=O)OCc2ccc(NC(=O)C(CCCNC(N)=O)NC(=O)[C@@H](NC(=O)CCCCCN3C(=O)CC(SCC4(CC(=O)ON5C(=O)CCC5=O)CC4)C3=O)C(C)C)cc2)C[C@H]1[C@H](OC)[C@@H](C)C(=O)NCCc1c(F)cccc1F)OC)N(C)C(=O)[C@@H](NC(=O)[C@H](C(C)C)N(C)C)C(C)C. The van der Waals surface area contributed by atoms with Gasteiger partial charge in [-0.05, 0) is 124 Å².